The van der Waals surface area contributed by atoms with Crippen LogP contribution < -0.4 is 4.74 Å². The molecule has 1 atom stereocenters. The molecular formula is C23H25NO4S2. The highest BCUT2D eigenvalue weighted by molar-refractivity contribution is 7.16. The zero-order chi connectivity index (χ0) is 21.5. The number of carbonyl (C=O) groups is 1. The van der Waals surface area contributed by atoms with Crippen LogP contribution in [0.15, 0.2) is 29.6 Å². The number of nitrogens with zero attached hydrogens (tertiary/aromatic N) is 1. The average molecular weight is 444 g/mol. The van der Waals surface area contributed by atoms with Crippen molar-refractivity contribution >= 4 is 28.8 Å². The van der Waals surface area contributed by atoms with Crippen molar-refractivity contribution in [3.63, 3.8) is 0 Å². The van der Waals surface area contributed by atoms with Gasteiger partial charge in [0.2, 0.25) is 0 Å². The third-order valence-corrected chi connectivity index (χ3v) is 6.66. The molecule has 3 aromatic rings. The Labute approximate surface area is 184 Å². The Balaban J connectivity index is 1.94. The summed E-state index contributed by atoms with van der Waals surface area (Å²) >= 11 is 2.96. The monoisotopic (exact) mass is 443 g/mol. The Morgan fingerprint density at radius 3 is 2.77 bits per heavy atom. The average Bonchev–Trinajstić information content (AvgIpc) is 3.32. The topological polar surface area (TPSA) is 68.7 Å². The molecule has 1 aromatic carbocycles. The number of hydrogen-bond donors (Lipinski definition) is 1. The number of rotatable bonds is 5. The van der Waals surface area contributed by atoms with Gasteiger partial charge in [-0.05, 0) is 81.4 Å². The second-order valence-corrected chi connectivity index (χ2v) is 10.3. The first kappa shape index (κ1) is 21.0. The van der Waals surface area contributed by atoms with Crippen molar-refractivity contribution in [1.29, 1.82) is 0 Å². The maximum Gasteiger partial charge on any atom is 0.337 e. The number of carboxylic acids is 1. The summed E-state index contributed by atoms with van der Waals surface area (Å²) in [7, 11) is 0. The standard InChI is InChI=1S/C23H25NO4S2/c1-13-18(20(22(25)26)28-23(2,3)4)19(21(30-13)16-9-11-29-24-16)15-7-8-17-14(12-15)6-5-10-27-17/h7-9,11-12,20H,5-6,10H2,1-4H3,(H,25,26). The fourth-order valence-corrected chi connectivity index (χ4v) is 5.52. The van der Waals surface area contributed by atoms with Gasteiger partial charge >= 0.3 is 5.97 Å². The summed E-state index contributed by atoms with van der Waals surface area (Å²) in [6, 6.07) is 8.11. The van der Waals surface area contributed by atoms with Gasteiger partial charge in [-0.1, -0.05) is 6.07 Å². The van der Waals surface area contributed by atoms with Crippen LogP contribution in [0.3, 0.4) is 0 Å². The number of ether oxygens (including phenoxy) is 2. The summed E-state index contributed by atoms with van der Waals surface area (Å²) in [4.78, 5) is 14.2. The van der Waals surface area contributed by atoms with Crippen molar-refractivity contribution in [2.24, 2.45) is 0 Å². The number of carboxylic acid groups (broad SMARTS) is 1. The van der Waals surface area contributed by atoms with Crippen LogP contribution in [0, 0.1) is 6.92 Å². The molecule has 0 radical (unpaired) electrons. The predicted molar refractivity (Wildman–Crippen MR) is 121 cm³/mol. The lowest BCUT2D eigenvalue weighted by molar-refractivity contribution is -0.160. The zero-order valence-electron chi connectivity index (χ0n) is 17.5. The molecule has 0 aliphatic carbocycles. The molecule has 0 saturated heterocycles. The van der Waals surface area contributed by atoms with Crippen molar-refractivity contribution in [2.45, 2.75) is 52.2 Å². The maximum absolute atomic E-state index is 12.3. The molecule has 3 heterocycles. The lowest BCUT2D eigenvalue weighted by atomic mass is 9.92. The lowest BCUT2D eigenvalue weighted by Gasteiger charge is -2.26. The minimum absolute atomic E-state index is 0.598. The SMILES string of the molecule is Cc1sc(-c2ccsn2)c(-c2ccc3c(c2)CCCO3)c1C(OC(C)(C)C)C(=O)O. The van der Waals surface area contributed by atoms with Gasteiger partial charge in [0.05, 0.1) is 22.8 Å². The van der Waals surface area contributed by atoms with Crippen molar-refractivity contribution in [3.8, 4) is 27.4 Å². The van der Waals surface area contributed by atoms with E-state index in [0.717, 1.165) is 57.3 Å². The highest BCUT2D eigenvalue weighted by atomic mass is 32.1. The number of aliphatic carboxylic acids is 1. The second-order valence-electron chi connectivity index (χ2n) is 8.38. The molecule has 30 heavy (non-hydrogen) atoms. The number of aryl methyl sites for hydroxylation is 2. The molecule has 0 spiro atoms. The molecule has 2 aromatic heterocycles. The number of aromatic nitrogens is 1. The van der Waals surface area contributed by atoms with Crippen LogP contribution in [0.4, 0.5) is 0 Å². The number of benzene rings is 1. The minimum Gasteiger partial charge on any atom is -0.493 e. The Morgan fingerprint density at radius 2 is 2.10 bits per heavy atom. The first-order valence-corrected chi connectivity index (χ1v) is 11.6. The highest BCUT2D eigenvalue weighted by Crippen LogP contribution is 2.47. The third-order valence-electron chi connectivity index (χ3n) is 4.96. The summed E-state index contributed by atoms with van der Waals surface area (Å²) in [6.07, 6.45) is 0.876. The van der Waals surface area contributed by atoms with Gasteiger partial charge in [0.25, 0.3) is 0 Å². The van der Waals surface area contributed by atoms with Crippen LogP contribution in [-0.4, -0.2) is 27.7 Å². The van der Waals surface area contributed by atoms with Crippen LogP contribution in [0.5, 0.6) is 5.75 Å². The van der Waals surface area contributed by atoms with E-state index >= 15 is 0 Å². The van der Waals surface area contributed by atoms with E-state index < -0.39 is 17.7 Å². The summed E-state index contributed by atoms with van der Waals surface area (Å²) in [5.41, 5.74) is 4.00. The van der Waals surface area contributed by atoms with Gasteiger partial charge in [0.1, 0.15) is 5.75 Å². The summed E-state index contributed by atoms with van der Waals surface area (Å²) in [5, 5.41) is 12.0. The first-order valence-electron chi connectivity index (χ1n) is 9.95. The van der Waals surface area contributed by atoms with Gasteiger partial charge in [-0.15, -0.1) is 11.3 Å². The molecule has 4 rings (SSSR count). The molecular weight excluding hydrogens is 418 g/mol. The van der Waals surface area contributed by atoms with Crippen LogP contribution in [0.2, 0.25) is 0 Å². The van der Waals surface area contributed by atoms with Crippen molar-refractivity contribution in [1.82, 2.24) is 4.37 Å². The molecule has 1 aliphatic rings. The molecule has 158 valence electrons. The number of hydrogen-bond acceptors (Lipinski definition) is 6. The minimum atomic E-state index is -1.06. The van der Waals surface area contributed by atoms with E-state index in [0.29, 0.717) is 5.56 Å². The Kier molecular flexibility index (Phi) is 5.70. The van der Waals surface area contributed by atoms with E-state index in [2.05, 4.69) is 10.4 Å². The van der Waals surface area contributed by atoms with Crippen LogP contribution in [-0.2, 0) is 16.0 Å². The highest BCUT2D eigenvalue weighted by Gasteiger charge is 2.34. The molecule has 1 aliphatic heterocycles. The Bertz CT molecular complexity index is 1060. The normalized spacial score (nSPS) is 14.8. The van der Waals surface area contributed by atoms with Crippen molar-refractivity contribution < 1.29 is 19.4 Å². The smallest absolute Gasteiger partial charge is 0.337 e. The molecule has 1 unspecified atom stereocenters. The van der Waals surface area contributed by atoms with Gasteiger partial charge in [-0.2, -0.15) is 4.37 Å². The van der Waals surface area contributed by atoms with Gasteiger partial charge in [-0.3, -0.25) is 0 Å². The fourth-order valence-electron chi connectivity index (χ4n) is 3.77. The van der Waals surface area contributed by atoms with Gasteiger partial charge in [0.15, 0.2) is 6.10 Å². The van der Waals surface area contributed by atoms with Crippen molar-refractivity contribution in [3.05, 3.63) is 45.6 Å². The van der Waals surface area contributed by atoms with Crippen LogP contribution in [0.25, 0.3) is 21.7 Å². The summed E-state index contributed by atoms with van der Waals surface area (Å²) in [6.45, 7) is 8.33. The molecule has 7 heteroatoms. The van der Waals surface area contributed by atoms with E-state index in [1.807, 2.05) is 51.3 Å². The van der Waals surface area contributed by atoms with Crippen LogP contribution >= 0.6 is 22.9 Å². The molecule has 0 saturated carbocycles. The van der Waals surface area contributed by atoms with Gasteiger partial charge in [-0.25, -0.2) is 4.79 Å². The first-order chi connectivity index (χ1) is 14.2. The number of fused-ring (bicyclic) bond motifs is 1. The zero-order valence-corrected chi connectivity index (χ0v) is 19.2. The predicted octanol–water partition coefficient (Wildman–Crippen LogP) is 6.11. The van der Waals surface area contributed by atoms with Gasteiger partial charge in [0, 0.05) is 21.4 Å². The largest absolute Gasteiger partial charge is 0.493 e. The maximum atomic E-state index is 12.3. The van der Waals surface area contributed by atoms with E-state index in [1.54, 1.807) is 11.3 Å². The second kappa shape index (κ2) is 8.13. The van der Waals surface area contributed by atoms with Gasteiger partial charge < -0.3 is 14.6 Å². The summed E-state index contributed by atoms with van der Waals surface area (Å²) < 4.78 is 16.3. The molecule has 1 N–H and O–H groups in total. The molecule has 0 bridgehead atoms. The Hall–Kier alpha value is -2.22. The molecule has 0 fully saturated rings. The van der Waals surface area contributed by atoms with E-state index in [1.165, 1.54) is 11.5 Å². The van der Waals surface area contributed by atoms with Crippen LogP contribution in [0.1, 0.15) is 49.3 Å². The Morgan fingerprint density at radius 1 is 1.30 bits per heavy atom. The third kappa shape index (κ3) is 4.15. The van der Waals surface area contributed by atoms with Crippen molar-refractivity contribution in [2.75, 3.05) is 6.61 Å². The van der Waals surface area contributed by atoms with E-state index in [-0.39, 0.29) is 0 Å². The summed E-state index contributed by atoms with van der Waals surface area (Å²) in [5.74, 6) is -0.0763. The lowest BCUT2D eigenvalue weighted by Crippen LogP contribution is -2.27. The number of thiophene rings is 1. The van der Waals surface area contributed by atoms with E-state index in [4.69, 9.17) is 9.47 Å². The van der Waals surface area contributed by atoms with E-state index in [9.17, 15) is 9.90 Å². The quantitative estimate of drug-likeness (QED) is 0.515. The fraction of sp³-hybridized carbons (Fsp3) is 0.391. The molecule has 0 amide bonds. The molecule has 5 nitrogen and oxygen atoms in total.